The largest absolute Gasteiger partial charge is 0.496 e. The number of methoxy groups -OCH3 is 1. The van der Waals surface area contributed by atoms with Crippen LogP contribution in [-0.2, 0) is 11.3 Å². The Bertz CT molecular complexity index is 671. The second kappa shape index (κ2) is 7.62. The van der Waals surface area contributed by atoms with Gasteiger partial charge in [-0.1, -0.05) is 30.0 Å². The van der Waals surface area contributed by atoms with Crippen LogP contribution < -0.4 is 16.0 Å². The molecular formula is C14H17N5O2S. The molecule has 0 aliphatic carbocycles. The van der Waals surface area contributed by atoms with E-state index < -0.39 is 0 Å². The number of ether oxygens (including phenoxy) is 1. The number of aromatic nitrogens is 3. The number of nitrogens with zero attached hydrogens (tertiary/aromatic N) is 3. The summed E-state index contributed by atoms with van der Waals surface area (Å²) in [6, 6.07) is 7.55. The lowest BCUT2D eigenvalue weighted by atomic mass is 10.2. The van der Waals surface area contributed by atoms with Gasteiger partial charge in [0.05, 0.1) is 18.4 Å². The van der Waals surface area contributed by atoms with Crippen molar-refractivity contribution in [2.75, 3.05) is 12.9 Å². The van der Waals surface area contributed by atoms with Crippen molar-refractivity contribution in [1.82, 2.24) is 20.2 Å². The lowest BCUT2D eigenvalue weighted by Gasteiger charge is -2.10. The monoisotopic (exact) mass is 319 g/mol. The topological polar surface area (TPSA) is 95.1 Å². The number of hydrogen-bond donors (Lipinski definition) is 2. The van der Waals surface area contributed by atoms with Crippen molar-refractivity contribution in [3.8, 4) is 17.1 Å². The van der Waals surface area contributed by atoms with E-state index in [1.165, 1.54) is 11.8 Å². The Morgan fingerprint density at radius 2 is 2.27 bits per heavy atom. The van der Waals surface area contributed by atoms with Gasteiger partial charge in [-0.25, -0.2) is 5.84 Å². The summed E-state index contributed by atoms with van der Waals surface area (Å²) >= 11 is 1.26. The maximum absolute atomic E-state index is 11.3. The highest BCUT2D eigenvalue weighted by atomic mass is 32.2. The van der Waals surface area contributed by atoms with Crippen LogP contribution in [0.15, 0.2) is 42.1 Å². The van der Waals surface area contributed by atoms with Gasteiger partial charge in [0.25, 0.3) is 0 Å². The maximum atomic E-state index is 11.3. The third-order valence-corrected chi connectivity index (χ3v) is 3.84. The molecule has 0 saturated heterocycles. The number of nitrogens with two attached hydrogens (primary N) is 1. The molecule has 3 N–H and O–H groups in total. The Labute approximate surface area is 132 Å². The second-order valence-corrected chi connectivity index (χ2v) is 5.20. The molecule has 0 unspecified atom stereocenters. The van der Waals surface area contributed by atoms with Gasteiger partial charge in [0, 0.05) is 6.54 Å². The predicted molar refractivity (Wildman–Crippen MR) is 85.3 cm³/mol. The molecule has 0 aliphatic heterocycles. The van der Waals surface area contributed by atoms with E-state index in [0.717, 1.165) is 5.56 Å². The van der Waals surface area contributed by atoms with Crippen LogP contribution in [0.4, 0.5) is 0 Å². The molecule has 7 nitrogen and oxygen atoms in total. The van der Waals surface area contributed by atoms with Gasteiger partial charge < -0.3 is 4.74 Å². The lowest BCUT2D eigenvalue weighted by Crippen LogP contribution is -2.31. The van der Waals surface area contributed by atoms with Crippen LogP contribution in [0.25, 0.3) is 11.4 Å². The number of amides is 1. The van der Waals surface area contributed by atoms with Crippen LogP contribution in [0.2, 0.25) is 0 Å². The minimum atomic E-state index is -0.281. The molecule has 1 amide bonds. The summed E-state index contributed by atoms with van der Waals surface area (Å²) in [4.78, 5) is 11.3. The van der Waals surface area contributed by atoms with Gasteiger partial charge >= 0.3 is 0 Å². The number of para-hydroxylation sites is 1. The van der Waals surface area contributed by atoms with Gasteiger partial charge in [0.15, 0.2) is 11.0 Å². The summed E-state index contributed by atoms with van der Waals surface area (Å²) in [6.45, 7) is 4.27. The third-order valence-electron chi connectivity index (χ3n) is 2.87. The predicted octanol–water partition coefficient (Wildman–Crippen LogP) is 1.22. The van der Waals surface area contributed by atoms with Crippen LogP contribution in [-0.4, -0.2) is 33.5 Å². The third kappa shape index (κ3) is 3.46. The highest BCUT2D eigenvalue weighted by molar-refractivity contribution is 7.99. The fraction of sp³-hybridized carbons (Fsp3) is 0.214. The molecule has 0 saturated carbocycles. The van der Waals surface area contributed by atoms with Crippen molar-refractivity contribution in [1.29, 1.82) is 0 Å². The normalized spacial score (nSPS) is 10.3. The molecule has 1 aromatic heterocycles. The molecule has 1 aromatic carbocycles. The number of carbonyl (C=O) groups excluding carboxylic acids is 1. The van der Waals surface area contributed by atoms with Gasteiger partial charge in [-0.15, -0.1) is 16.8 Å². The smallest absolute Gasteiger partial charge is 0.244 e. The summed E-state index contributed by atoms with van der Waals surface area (Å²) < 4.78 is 7.24. The van der Waals surface area contributed by atoms with Gasteiger partial charge in [-0.05, 0) is 12.1 Å². The molecule has 0 spiro atoms. The van der Waals surface area contributed by atoms with E-state index in [1.807, 2.05) is 28.8 Å². The molecule has 0 bridgehead atoms. The van der Waals surface area contributed by atoms with E-state index in [4.69, 9.17) is 10.6 Å². The molecule has 0 aliphatic rings. The lowest BCUT2D eigenvalue weighted by molar-refractivity contribution is -0.118. The van der Waals surface area contributed by atoms with Gasteiger partial charge in [-0.3, -0.25) is 14.8 Å². The van der Waals surface area contributed by atoms with Crippen molar-refractivity contribution >= 4 is 17.7 Å². The fourth-order valence-corrected chi connectivity index (χ4v) is 2.65. The van der Waals surface area contributed by atoms with Crippen molar-refractivity contribution in [2.24, 2.45) is 5.84 Å². The van der Waals surface area contributed by atoms with Crippen LogP contribution in [0.3, 0.4) is 0 Å². The molecule has 1 heterocycles. The summed E-state index contributed by atoms with van der Waals surface area (Å²) in [7, 11) is 1.61. The van der Waals surface area contributed by atoms with E-state index in [0.29, 0.717) is 23.3 Å². The zero-order valence-corrected chi connectivity index (χ0v) is 13.0. The van der Waals surface area contributed by atoms with Gasteiger partial charge in [0.2, 0.25) is 5.91 Å². The van der Waals surface area contributed by atoms with E-state index in [2.05, 4.69) is 22.2 Å². The van der Waals surface area contributed by atoms with Crippen LogP contribution >= 0.6 is 11.8 Å². The highest BCUT2D eigenvalue weighted by Gasteiger charge is 2.17. The molecule has 22 heavy (non-hydrogen) atoms. The first-order valence-electron chi connectivity index (χ1n) is 6.51. The van der Waals surface area contributed by atoms with Gasteiger partial charge in [0.1, 0.15) is 5.75 Å². The number of rotatable bonds is 7. The zero-order chi connectivity index (χ0) is 15.9. The molecular weight excluding hydrogens is 302 g/mol. The fourth-order valence-electron chi connectivity index (χ4n) is 1.89. The molecule has 2 rings (SSSR count). The molecule has 2 aromatic rings. The Morgan fingerprint density at radius 3 is 2.95 bits per heavy atom. The van der Waals surface area contributed by atoms with E-state index in [1.54, 1.807) is 13.2 Å². The minimum Gasteiger partial charge on any atom is -0.496 e. The van der Waals surface area contributed by atoms with E-state index in [9.17, 15) is 4.79 Å². The molecule has 116 valence electrons. The average molecular weight is 319 g/mol. The summed E-state index contributed by atoms with van der Waals surface area (Å²) in [5.41, 5.74) is 2.91. The molecule has 0 fully saturated rings. The molecule has 0 atom stereocenters. The average Bonchev–Trinajstić information content (AvgIpc) is 2.95. The van der Waals surface area contributed by atoms with E-state index in [-0.39, 0.29) is 11.7 Å². The summed E-state index contributed by atoms with van der Waals surface area (Å²) in [6.07, 6.45) is 1.75. The molecule has 0 radical (unpaired) electrons. The van der Waals surface area contributed by atoms with E-state index >= 15 is 0 Å². The zero-order valence-electron chi connectivity index (χ0n) is 12.2. The Morgan fingerprint density at radius 1 is 1.50 bits per heavy atom. The van der Waals surface area contributed by atoms with Crippen LogP contribution in [0.1, 0.15) is 0 Å². The summed E-state index contributed by atoms with van der Waals surface area (Å²) in [5.74, 6) is 6.33. The van der Waals surface area contributed by atoms with Crippen molar-refractivity contribution in [3.63, 3.8) is 0 Å². The number of carbonyl (C=O) groups is 1. The quantitative estimate of drug-likeness (QED) is 0.262. The van der Waals surface area contributed by atoms with Crippen LogP contribution in [0.5, 0.6) is 5.75 Å². The SMILES string of the molecule is C=CCn1c(SCC(=O)NN)nnc1-c1ccccc1OC. The maximum Gasteiger partial charge on any atom is 0.244 e. The Balaban J connectivity index is 2.37. The van der Waals surface area contributed by atoms with Crippen molar-refractivity contribution in [2.45, 2.75) is 11.7 Å². The summed E-state index contributed by atoms with van der Waals surface area (Å²) in [5, 5.41) is 8.98. The number of thioether (sulfide) groups is 1. The standard InChI is InChI=1S/C14H17N5O2S/c1-3-8-19-13(10-6-4-5-7-11(10)21-2)17-18-14(19)22-9-12(20)16-15/h3-7H,1,8-9,15H2,2H3,(H,16,20). The number of allylic oxidation sites excluding steroid dienone is 1. The number of hydrazine groups is 1. The van der Waals surface area contributed by atoms with Crippen LogP contribution in [0, 0.1) is 0 Å². The Hall–Kier alpha value is -2.32. The minimum absolute atomic E-state index is 0.164. The van der Waals surface area contributed by atoms with Gasteiger partial charge in [-0.2, -0.15) is 0 Å². The second-order valence-electron chi connectivity index (χ2n) is 4.26. The number of nitrogens with one attached hydrogen (secondary N) is 1. The first kappa shape index (κ1) is 16.1. The number of benzene rings is 1. The highest BCUT2D eigenvalue weighted by Crippen LogP contribution is 2.30. The molecule has 8 heteroatoms. The first-order chi connectivity index (χ1) is 10.7. The van der Waals surface area contributed by atoms with Crippen molar-refractivity contribution in [3.05, 3.63) is 36.9 Å². The first-order valence-corrected chi connectivity index (χ1v) is 7.49. The Kier molecular flexibility index (Phi) is 5.56. The van der Waals surface area contributed by atoms with Crippen molar-refractivity contribution < 1.29 is 9.53 Å². The number of hydrogen-bond acceptors (Lipinski definition) is 6.